The van der Waals surface area contributed by atoms with Crippen LogP contribution in [-0.4, -0.2) is 21.7 Å². The number of Topliss-reactive ketones (excluding diaryl/α,β-unsaturated/α-hetero) is 1. The lowest BCUT2D eigenvalue weighted by atomic mass is 9.82. The van der Waals surface area contributed by atoms with Crippen LogP contribution in [0, 0.1) is 0 Å². The molecular formula is C28H22ClN3O2. The first-order chi connectivity index (χ1) is 16.6. The van der Waals surface area contributed by atoms with Crippen LogP contribution < -0.4 is 5.32 Å². The number of halogens is 1. The Balaban J connectivity index is 1.42. The number of fused-ring (bicyclic) bond motifs is 1. The van der Waals surface area contributed by atoms with Gasteiger partial charge in [0.05, 0.1) is 17.2 Å². The van der Waals surface area contributed by atoms with Gasteiger partial charge in [-0.25, -0.2) is 9.97 Å². The molecule has 1 aromatic heterocycles. The molecule has 0 saturated carbocycles. The van der Waals surface area contributed by atoms with Gasteiger partial charge in [0.25, 0.3) is 0 Å². The number of benzene rings is 3. The van der Waals surface area contributed by atoms with E-state index >= 15 is 0 Å². The summed E-state index contributed by atoms with van der Waals surface area (Å²) < 4.78 is 0. The second-order valence-corrected chi connectivity index (χ2v) is 8.81. The lowest BCUT2D eigenvalue weighted by Gasteiger charge is -2.23. The van der Waals surface area contributed by atoms with Crippen molar-refractivity contribution in [1.82, 2.24) is 9.97 Å². The molecule has 1 aliphatic carbocycles. The Morgan fingerprint density at radius 2 is 1.50 bits per heavy atom. The third-order valence-electron chi connectivity index (χ3n) is 6.14. The molecule has 0 fully saturated rings. The molecule has 0 aliphatic heterocycles. The highest BCUT2D eigenvalue weighted by Gasteiger charge is 2.29. The van der Waals surface area contributed by atoms with E-state index in [1.54, 1.807) is 0 Å². The highest BCUT2D eigenvalue weighted by Crippen LogP contribution is 2.33. The molecule has 34 heavy (non-hydrogen) atoms. The van der Waals surface area contributed by atoms with Crippen molar-refractivity contribution in [1.29, 1.82) is 0 Å². The van der Waals surface area contributed by atoms with Gasteiger partial charge in [-0.15, -0.1) is 0 Å². The van der Waals surface area contributed by atoms with Crippen LogP contribution in [-0.2, 0) is 11.2 Å². The molecule has 1 atom stereocenters. The normalized spacial score (nSPS) is 15.1. The third kappa shape index (κ3) is 4.61. The summed E-state index contributed by atoms with van der Waals surface area (Å²) in [5, 5.41) is 3.53. The van der Waals surface area contributed by atoms with Crippen molar-refractivity contribution in [2.75, 3.05) is 5.32 Å². The number of nitrogens with one attached hydrogen (secondary N) is 1. The molecule has 5 rings (SSSR count). The Morgan fingerprint density at radius 3 is 2.12 bits per heavy atom. The predicted molar refractivity (Wildman–Crippen MR) is 132 cm³/mol. The highest BCUT2D eigenvalue weighted by molar-refractivity contribution is 6.30. The zero-order chi connectivity index (χ0) is 23.5. The lowest BCUT2D eigenvalue weighted by molar-refractivity contribution is -0.116. The number of carbonyl (C=O) groups excluding carboxylic acids is 2. The number of nitrogens with zero attached hydrogens (tertiary/aromatic N) is 2. The van der Waals surface area contributed by atoms with E-state index in [1.165, 1.54) is 6.20 Å². The quantitative estimate of drug-likeness (QED) is 0.402. The van der Waals surface area contributed by atoms with Crippen molar-refractivity contribution in [3.05, 3.63) is 124 Å². The van der Waals surface area contributed by atoms with Crippen molar-refractivity contribution in [3.63, 3.8) is 0 Å². The fraction of sp³-hybridized carbons (Fsp3) is 0.143. The van der Waals surface area contributed by atoms with Crippen molar-refractivity contribution in [3.8, 4) is 0 Å². The number of ketones is 1. The molecule has 3 aromatic carbocycles. The van der Waals surface area contributed by atoms with Crippen molar-refractivity contribution in [2.24, 2.45) is 0 Å². The average molecular weight is 468 g/mol. The topological polar surface area (TPSA) is 72.0 Å². The molecule has 4 aromatic rings. The van der Waals surface area contributed by atoms with Crippen LogP contribution in [0.5, 0.6) is 0 Å². The fourth-order valence-electron chi connectivity index (χ4n) is 4.44. The maximum Gasteiger partial charge on any atom is 0.238 e. The second-order valence-electron chi connectivity index (χ2n) is 8.38. The van der Waals surface area contributed by atoms with Gasteiger partial charge in [0.1, 0.15) is 0 Å². The summed E-state index contributed by atoms with van der Waals surface area (Å²) in [6.07, 6.45) is 2.51. The molecule has 6 heteroatoms. The van der Waals surface area contributed by atoms with Gasteiger partial charge in [0.15, 0.2) is 5.78 Å². The SMILES string of the molecule is O=C1CC(c2ccc(Cl)cc2)Cc2nc(NC(=O)C(c3ccccc3)c3ccccc3)ncc21. The number of anilines is 1. The first kappa shape index (κ1) is 22.0. The Hall–Kier alpha value is -3.83. The first-order valence-electron chi connectivity index (χ1n) is 11.1. The molecule has 1 unspecified atom stereocenters. The van der Waals surface area contributed by atoms with Gasteiger partial charge in [-0.1, -0.05) is 84.4 Å². The van der Waals surface area contributed by atoms with Crippen molar-refractivity contribution in [2.45, 2.75) is 24.7 Å². The van der Waals surface area contributed by atoms with E-state index in [-0.39, 0.29) is 23.6 Å². The average Bonchev–Trinajstić information content (AvgIpc) is 2.86. The summed E-state index contributed by atoms with van der Waals surface area (Å²) in [6.45, 7) is 0. The summed E-state index contributed by atoms with van der Waals surface area (Å²) in [5.74, 6) is -0.521. The Morgan fingerprint density at radius 1 is 0.882 bits per heavy atom. The first-order valence-corrected chi connectivity index (χ1v) is 11.5. The molecule has 0 radical (unpaired) electrons. The van der Waals surface area contributed by atoms with Crippen LogP contribution in [0.15, 0.2) is 91.1 Å². The largest absolute Gasteiger partial charge is 0.294 e. The maximum absolute atomic E-state index is 13.4. The predicted octanol–water partition coefficient (Wildman–Crippen LogP) is 5.81. The molecule has 1 heterocycles. The Kier molecular flexibility index (Phi) is 6.19. The van der Waals surface area contributed by atoms with E-state index in [1.807, 2.05) is 84.9 Å². The molecule has 0 saturated heterocycles. The minimum Gasteiger partial charge on any atom is -0.294 e. The maximum atomic E-state index is 13.4. The second kappa shape index (κ2) is 9.57. The summed E-state index contributed by atoms with van der Waals surface area (Å²) in [4.78, 5) is 35.0. The zero-order valence-corrected chi connectivity index (χ0v) is 19.1. The summed E-state index contributed by atoms with van der Waals surface area (Å²) in [6, 6.07) is 26.8. The summed E-state index contributed by atoms with van der Waals surface area (Å²) >= 11 is 6.02. The van der Waals surface area contributed by atoms with Gasteiger partial charge in [-0.3, -0.25) is 14.9 Å². The summed E-state index contributed by atoms with van der Waals surface area (Å²) in [5.41, 5.74) is 3.97. The molecule has 1 amide bonds. The Labute approximate surface area is 202 Å². The van der Waals surface area contributed by atoms with Gasteiger partial charge < -0.3 is 0 Å². The van der Waals surface area contributed by atoms with Crippen molar-refractivity contribution >= 4 is 29.2 Å². The Bertz CT molecular complexity index is 1290. The smallest absolute Gasteiger partial charge is 0.238 e. The minimum atomic E-state index is -0.509. The molecule has 5 nitrogen and oxygen atoms in total. The molecule has 1 N–H and O–H groups in total. The third-order valence-corrected chi connectivity index (χ3v) is 6.40. The zero-order valence-electron chi connectivity index (χ0n) is 18.3. The van der Waals surface area contributed by atoms with E-state index in [9.17, 15) is 9.59 Å². The number of hydrogen-bond donors (Lipinski definition) is 1. The molecule has 0 bridgehead atoms. The molecule has 168 valence electrons. The summed E-state index contributed by atoms with van der Waals surface area (Å²) in [7, 11) is 0. The van der Waals surface area contributed by atoms with Crippen molar-refractivity contribution < 1.29 is 9.59 Å². The molecule has 0 spiro atoms. The number of hydrogen-bond acceptors (Lipinski definition) is 4. The minimum absolute atomic E-state index is 0.00511. The van der Waals surface area contributed by atoms with Crippen LogP contribution in [0.2, 0.25) is 5.02 Å². The van der Waals surface area contributed by atoms with Gasteiger partial charge in [0, 0.05) is 17.6 Å². The monoisotopic (exact) mass is 467 g/mol. The van der Waals surface area contributed by atoms with Gasteiger partial charge in [0.2, 0.25) is 11.9 Å². The highest BCUT2D eigenvalue weighted by atomic mass is 35.5. The number of aromatic nitrogens is 2. The number of carbonyl (C=O) groups is 2. The van der Waals surface area contributed by atoms with E-state index in [4.69, 9.17) is 11.6 Å². The van der Waals surface area contributed by atoms with Crippen LogP contribution in [0.3, 0.4) is 0 Å². The standard InChI is InChI=1S/C28H22ClN3O2/c29-22-13-11-18(12-14-22)21-15-24-23(25(33)16-21)17-30-28(31-24)32-27(34)26(19-7-3-1-4-8-19)20-9-5-2-6-10-20/h1-14,17,21,26H,15-16H2,(H,30,31,32,34). The van der Waals surface area contributed by atoms with Gasteiger partial charge >= 0.3 is 0 Å². The van der Waals surface area contributed by atoms with E-state index in [0.29, 0.717) is 29.1 Å². The molecule has 1 aliphatic rings. The fourth-order valence-corrected chi connectivity index (χ4v) is 4.57. The van der Waals surface area contributed by atoms with E-state index < -0.39 is 5.92 Å². The van der Waals surface area contributed by atoms with Gasteiger partial charge in [-0.2, -0.15) is 0 Å². The molecular weight excluding hydrogens is 446 g/mol. The number of amides is 1. The van der Waals surface area contributed by atoms with E-state index in [0.717, 1.165) is 16.7 Å². The van der Waals surface area contributed by atoms with Crippen LogP contribution >= 0.6 is 11.6 Å². The lowest BCUT2D eigenvalue weighted by Crippen LogP contribution is -2.25. The number of rotatable bonds is 5. The van der Waals surface area contributed by atoms with Gasteiger partial charge in [-0.05, 0) is 41.2 Å². The van der Waals surface area contributed by atoms with Crippen LogP contribution in [0.25, 0.3) is 0 Å². The van der Waals surface area contributed by atoms with Crippen LogP contribution in [0.4, 0.5) is 5.95 Å². The van der Waals surface area contributed by atoms with E-state index in [2.05, 4.69) is 15.3 Å². The van der Waals surface area contributed by atoms with Crippen LogP contribution in [0.1, 0.15) is 51.0 Å².